The summed E-state index contributed by atoms with van der Waals surface area (Å²) in [5.74, 6) is 1.53. The average molecular weight is 382 g/mol. The molecule has 0 bridgehead atoms. The third-order valence-electron chi connectivity index (χ3n) is 4.99. The number of carbonyl (C=O) groups is 2. The van der Waals surface area contributed by atoms with E-state index >= 15 is 0 Å². The van der Waals surface area contributed by atoms with Crippen LogP contribution in [-0.2, 0) is 10.2 Å². The van der Waals surface area contributed by atoms with E-state index in [9.17, 15) is 9.59 Å². The van der Waals surface area contributed by atoms with Crippen LogP contribution >= 0.6 is 0 Å². The predicted molar refractivity (Wildman–Crippen MR) is 102 cm³/mol. The van der Waals surface area contributed by atoms with Crippen LogP contribution in [0.4, 0.5) is 10.6 Å². The van der Waals surface area contributed by atoms with Crippen molar-refractivity contribution in [1.82, 2.24) is 15.3 Å². The largest absolute Gasteiger partial charge is 0.492 e. The number of anilines is 1. The molecule has 28 heavy (non-hydrogen) atoms. The minimum absolute atomic E-state index is 0.151. The summed E-state index contributed by atoms with van der Waals surface area (Å²) in [5.41, 5.74) is 0.891. The Balaban J connectivity index is 1.62. The summed E-state index contributed by atoms with van der Waals surface area (Å²) in [5, 5.41) is 2.61. The topological polar surface area (TPSA) is 93.7 Å². The molecule has 3 heterocycles. The van der Waals surface area contributed by atoms with Crippen LogP contribution in [0.25, 0.3) is 0 Å². The van der Waals surface area contributed by atoms with Gasteiger partial charge in [-0.3, -0.25) is 4.79 Å². The van der Waals surface area contributed by atoms with E-state index in [2.05, 4.69) is 29.1 Å². The molecule has 1 N–H and O–H groups in total. The third kappa shape index (κ3) is 2.76. The Hall–Kier alpha value is -3.16. The summed E-state index contributed by atoms with van der Waals surface area (Å²) in [6, 6.07) is 3.31. The molecule has 2 aromatic rings. The van der Waals surface area contributed by atoms with Crippen molar-refractivity contribution in [2.75, 3.05) is 11.5 Å². The zero-order valence-corrected chi connectivity index (χ0v) is 16.5. The molecule has 2 aliphatic heterocycles. The molecule has 0 aliphatic carbocycles. The number of benzene rings is 1. The number of nitrogens with zero attached hydrogens (tertiary/aromatic N) is 3. The van der Waals surface area contributed by atoms with Crippen LogP contribution in [0.5, 0.6) is 17.4 Å². The molecule has 0 spiro atoms. The number of carbonyl (C=O) groups excluding carboxylic acids is 2. The zero-order chi connectivity index (χ0) is 20.3. The molecule has 1 fully saturated rings. The molecule has 0 saturated carbocycles. The van der Waals surface area contributed by atoms with E-state index in [1.54, 1.807) is 13.8 Å². The van der Waals surface area contributed by atoms with E-state index in [-0.39, 0.29) is 23.0 Å². The molecule has 8 nitrogen and oxygen atoms in total. The standard InChI is InChI=1S/C20H22N4O4/c1-11-6-7-12(15-16(11)27-10-19(15,2)3)28-14-9-21-13(8-22-14)24-17(25)20(4,5)23-18(24)26/h6-9H,10H2,1-5H3,(H,23,26). The highest BCUT2D eigenvalue weighted by Crippen LogP contribution is 2.46. The predicted octanol–water partition coefficient (Wildman–Crippen LogP) is 3.08. The number of nitrogens with one attached hydrogen (secondary N) is 1. The van der Waals surface area contributed by atoms with Gasteiger partial charge < -0.3 is 14.8 Å². The molecule has 1 saturated heterocycles. The molecule has 3 amide bonds. The van der Waals surface area contributed by atoms with Gasteiger partial charge in [0, 0.05) is 11.0 Å². The molecule has 146 valence electrons. The minimum Gasteiger partial charge on any atom is -0.492 e. The van der Waals surface area contributed by atoms with E-state index in [0.29, 0.717) is 12.4 Å². The smallest absolute Gasteiger partial charge is 0.330 e. The molecule has 8 heteroatoms. The van der Waals surface area contributed by atoms with Crippen LogP contribution in [0.2, 0.25) is 0 Å². The summed E-state index contributed by atoms with van der Waals surface area (Å²) in [6.45, 7) is 10.0. The van der Waals surface area contributed by atoms with Crippen LogP contribution in [-0.4, -0.2) is 34.1 Å². The summed E-state index contributed by atoms with van der Waals surface area (Å²) in [7, 11) is 0. The van der Waals surface area contributed by atoms with Gasteiger partial charge in [-0.05, 0) is 32.4 Å². The van der Waals surface area contributed by atoms with Gasteiger partial charge >= 0.3 is 6.03 Å². The summed E-state index contributed by atoms with van der Waals surface area (Å²) >= 11 is 0. The lowest BCUT2D eigenvalue weighted by atomic mass is 9.85. The second-order valence-electron chi connectivity index (χ2n) is 8.27. The SMILES string of the molecule is Cc1ccc(Oc2cnc(N3C(=O)NC(C)(C)C3=O)cn2)c2c1OCC2(C)C. The molecule has 1 aromatic heterocycles. The summed E-state index contributed by atoms with van der Waals surface area (Å²) in [6.07, 6.45) is 2.75. The number of amides is 3. The second kappa shape index (κ2) is 5.92. The molecule has 0 atom stereocenters. The van der Waals surface area contributed by atoms with Gasteiger partial charge in [-0.25, -0.2) is 19.7 Å². The number of imide groups is 1. The molecule has 4 rings (SSSR count). The van der Waals surface area contributed by atoms with Crippen molar-refractivity contribution in [2.24, 2.45) is 0 Å². The number of aryl methyl sites for hydroxylation is 1. The first-order chi connectivity index (χ1) is 13.1. The fourth-order valence-electron chi connectivity index (χ4n) is 3.45. The van der Waals surface area contributed by atoms with E-state index in [1.807, 2.05) is 19.1 Å². The summed E-state index contributed by atoms with van der Waals surface area (Å²) < 4.78 is 11.8. The highest BCUT2D eigenvalue weighted by molar-refractivity contribution is 6.22. The van der Waals surface area contributed by atoms with Crippen LogP contribution < -0.4 is 19.7 Å². The Labute approximate surface area is 162 Å². The number of aromatic nitrogens is 2. The van der Waals surface area contributed by atoms with Crippen LogP contribution in [0, 0.1) is 6.92 Å². The molecule has 1 aromatic carbocycles. The van der Waals surface area contributed by atoms with Crippen molar-refractivity contribution >= 4 is 17.8 Å². The number of hydrogen-bond acceptors (Lipinski definition) is 6. The summed E-state index contributed by atoms with van der Waals surface area (Å²) in [4.78, 5) is 33.9. The van der Waals surface area contributed by atoms with Crippen molar-refractivity contribution in [3.05, 3.63) is 35.7 Å². The molecule has 2 aliphatic rings. The van der Waals surface area contributed by atoms with Crippen molar-refractivity contribution in [3.8, 4) is 17.4 Å². The van der Waals surface area contributed by atoms with Gasteiger partial charge in [-0.15, -0.1) is 0 Å². The van der Waals surface area contributed by atoms with Crippen LogP contribution in [0.1, 0.15) is 38.8 Å². The van der Waals surface area contributed by atoms with Gasteiger partial charge in [0.05, 0.1) is 19.0 Å². The molecular weight excluding hydrogens is 360 g/mol. The van der Waals surface area contributed by atoms with Gasteiger partial charge in [0.15, 0.2) is 5.82 Å². The normalized spacial score (nSPS) is 19.2. The second-order valence-corrected chi connectivity index (χ2v) is 8.27. The van der Waals surface area contributed by atoms with Crippen LogP contribution in [0.3, 0.4) is 0 Å². The number of ether oxygens (including phenoxy) is 2. The first-order valence-electron chi connectivity index (χ1n) is 9.04. The van der Waals surface area contributed by atoms with Gasteiger partial charge in [0.2, 0.25) is 5.88 Å². The van der Waals surface area contributed by atoms with Crippen molar-refractivity contribution < 1.29 is 19.1 Å². The van der Waals surface area contributed by atoms with E-state index in [1.165, 1.54) is 12.4 Å². The Bertz CT molecular complexity index is 982. The maximum atomic E-state index is 12.4. The Morgan fingerprint density at radius 2 is 1.89 bits per heavy atom. The Morgan fingerprint density at radius 3 is 2.50 bits per heavy atom. The maximum absolute atomic E-state index is 12.4. The third-order valence-corrected chi connectivity index (χ3v) is 4.99. The quantitative estimate of drug-likeness (QED) is 0.820. The maximum Gasteiger partial charge on any atom is 0.330 e. The van der Waals surface area contributed by atoms with Crippen molar-refractivity contribution in [2.45, 2.75) is 45.6 Å². The first kappa shape index (κ1) is 18.2. The van der Waals surface area contributed by atoms with Gasteiger partial charge in [-0.2, -0.15) is 0 Å². The van der Waals surface area contributed by atoms with E-state index in [4.69, 9.17) is 9.47 Å². The van der Waals surface area contributed by atoms with Gasteiger partial charge in [-0.1, -0.05) is 19.9 Å². The lowest BCUT2D eigenvalue weighted by molar-refractivity contribution is -0.121. The number of fused-ring (bicyclic) bond motifs is 1. The highest BCUT2D eigenvalue weighted by atomic mass is 16.5. The fraction of sp³-hybridized carbons (Fsp3) is 0.400. The average Bonchev–Trinajstić information content (AvgIpc) is 3.05. The van der Waals surface area contributed by atoms with E-state index < -0.39 is 11.6 Å². The highest BCUT2D eigenvalue weighted by Gasteiger charge is 2.45. The van der Waals surface area contributed by atoms with Gasteiger partial charge in [0.1, 0.15) is 17.0 Å². The zero-order valence-electron chi connectivity index (χ0n) is 16.5. The Kier molecular flexibility index (Phi) is 3.85. The fourth-order valence-corrected chi connectivity index (χ4v) is 3.45. The van der Waals surface area contributed by atoms with Gasteiger partial charge in [0.25, 0.3) is 5.91 Å². The molecular formula is C20H22N4O4. The van der Waals surface area contributed by atoms with Crippen LogP contribution in [0.15, 0.2) is 24.5 Å². The molecule has 0 radical (unpaired) electrons. The number of hydrogen-bond donors (Lipinski definition) is 1. The monoisotopic (exact) mass is 382 g/mol. The van der Waals surface area contributed by atoms with Crippen molar-refractivity contribution in [3.63, 3.8) is 0 Å². The molecule has 0 unspecified atom stereocenters. The number of urea groups is 1. The van der Waals surface area contributed by atoms with E-state index in [0.717, 1.165) is 21.8 Å². The van der Waals surface area contributed by atoms with Crippen molar-refractivity contribution in [1.29, 1.82) is 0 Å². The lowest BCUT2D eigenvalue weighted by Crippen LogP contribution is -2.40. The first-order valence-corrected chi connectivity index (χ1v) is 9.04. The minimum atomic E-state index is -0.970. The lowest BCUT2D eigenvalue weighted by Gasteiger charge is -2.19. The Morgan fingerprint density at radius 1 is 1.14 bits per heavy atom. The number of rotatable bonds is 3.